The van der Waals surface area contributed by atoms with Gasteiger partial charge in [-0.25, -0.2) is 4.79 Å². The number of anilines is 1. The zero-order valence-electron chi connectivity index (χ0n) is 10.9. The van der Waals surface area contributed by atoms with Crippen molar-refractivity contribution in [2.45, 2.75) is 18.9 Å². The van der Waals surface area contributed by atoms with E-state index in [0.29, 0.717) is 12.5 Å². The van der Waals surface area contributed by atoms with Crippen molar-refractivity contribution in [1.82, 2.24) is 4.90 Å². The second-order valence-corrected chi connectivity index (χ2v) is 6.05. The predicted octanol–water partition coefficient (Wildman–Crippen LogP) is 1.96. The maximum atomic E-state index is 11.7. The minimum atomic E-state index is -0.927. The van der Waals surface area contributed by atoms with Crippen LogP contribution < -0.4 is 4.90 Å². The van der Waals surface area contributed by atoms with Crippen LogP contribution in [0.4, 0.5) is 5.69 Å². The van der Waals surface area contributed by atoms with Gasteiger partial charge in [-0.3, -0.25) is 4.79 Å². The largest absolute Gasteiger partial charge is 0.478 e. The summed E-state index contributed by atoms with van der Waals surface area (Å²) in [5.74, 6) is -0.668. The second-order valence-electron chi connectivity index (χ2n) is 5.20. The van der Waals surface area contributed by atoms with E-state index in [1.165, 1.54) is 0 Å². The molecular formula is C14H15BrN2O3. The molecule has 0 aromatic heterocycles. The van der Waals surface area contributed by atoms with E-state index >= 15 is 0 Å². The van der Waals surface area contributed by atoms with Crippen LogP contribution in [-0.2, 0) is 4.79 Å². The molecule has 6 heteroatoms. The zero-order chi connectivity index (χ0) is 14.3. The van der Waals surface area contributed by atoms with Gasteiger partial charge < -0.3 is 14.9 Å². The van der Waals surface area contributed by atoms with Gasteiger partial charge in [0.15, 0.2) is 0 Å². The zero-order valence-corrected chi connectivity index (χ0v) is 12.5. The topological polar surface area (TPSA) is 60.9 Å². The summed E-state index contributed by atoms with van der Waals surface area (Å²) in [6.07, 6.45) is 1.57. The summed E-state index contributed by atoms with van der Waals surface area (Å²) < 4.78 is 0.787. The van der Waals surface area contributed by atoms with Crippen LogP contribution in [-0.4, -0.2) is 47.6 Å². The van der Waals surface area contributed by atoms with E-state index in [1.807, 2.05) is 11.0 Å². The van der Waals surface area contributed by atoms with E-state index in [-0.39, 0.29) is 11.5 Å². The molecule has 0 spiro atoms. The van der Waals surface area contributed by atoms with Crippen LogP contribution in [0.1, 0.15) is 23.2 Å². The van der Waals surface area contributed by atoms with Gasteiger partial charge in [0.2, 0.25) is 5.91 Å². The van der Waals surface area contributed by atoms with Gasteiger partial charge in [-0.1, -0.05) is 0 Å². The van der Waals surface area contributed by atoms with Crippen molar-refractivity contribution >= 4 is 33.5 Å². The van der Waals surface area contributed by atoms with E-state index in [9.17, 15) is 9.59 Å². The first-order valence-corrected chi connectivity index (χ1v) is 7.43. The monoisotopic (exact) mass is 338 g/mol. The molecule has 3 rings (SSSR count). The summed E-state index contributed by atoms with van der Waals surface area (Å²) in [7, 11) is 0. The van der Waals surface area contributed by atoms with Crippen molar-refractivity contribution < 1.29 is 14.7 Å². The number of carboxylic acid groups (broad SMARTS) is 1. The molecule has 106 valence electrons. The maximum Gasteiger partial charge on any atom is 0.335 e. The summed E-state index contributed by atoms with van der Waals surface area (Å²) in [4.78, 5) is 26.8. The number of carboxylic acids is 1. The Morgan fingerprint density at radius 2 is 2.15 bits per heavy atom. The minimum Gasteiger partial charge on any atom is -0.478 e. The molecule has 0 aliphatic carbocycles. The molecule has 0 saturated carbocycles. The number of benzene rings is 1. The number of amides is 1. The SMILES string of the molecule is O=C(O)c1ccc(N2CCN3C(=O)CCC3C2)c(Br)c1. The number of rotatable bonds is 2. The molecule has 1 unspecified atom stereocenters. The predicted molar refractivity (Wildman–Crippen MR) is 78.0 cm³/mol. The maximum absolute atomic E-state index is 11.7. The van der Waals surface area contributed by atoms with Crippen molar-refractivity contribution in [3.05, 3.63) is 28.2 Å². The van der Waals surface area contributed by atoms with Crippen LogP contribution in [0.3, 0.4) is 0 Å². The highest BCUT2D eigenvalue weighted by Crippen LogP contribution is 2.31. The quantitative estimate of drug-likeness (QED) is 0.895. The van der Waals surface area contributed by atoms with Crippen molar-refractivity contribution in [2.75, 3.05) is 24.5 Å². The van der Waals surface area contributed by atoms with Gasteiger partial charge in [0, 0.05) is 36.6 Å². The smallest absolute Gasteiger partial charge is 0.335 e. The molecule has 1 aromatic carbocycles. The van der Waals surface area contributed by atoms with Crippen LogP contribution in [0.15, 0.2) is 22.7 Å². The highest BCUT2D eigenvalue weighted by molar-refractivity contribution is 9.10. The summed E-state index contributed by atoms with van der Waals surface area (Å²) in [5.41, 5.74) is 1.27. The lowest BCUT2D eigenvalue weighted by molar-refractivity contribution is -0.129. The van der Waals surface area contributed by atoms with Crippen molar-refractivity contribution in [3.8, 4) is 0 Å². The van der Waals surface area contributed by atoms with Crippen LogP contribution in [0, 0.1) is 0 Å². The Balaban J connectivity index is 1.80. The molecule has 2 fully saturated rings. The summed E-state index contributed by atoms with van der Waals surface area (Å²) in [6.45, 7) is 2.35. The van der Waals surface area contributed by atoms with Gasteiger partial charge in [-0.15, -0.1) is 0 Å². The fourth-order valence-electron chi connectivity index (χ4n) is 2.98. The standard InChI is InChI=1S/C14H15BrN2O3/c15-11-7-9(14(19)20)1-3-12(11)16-5-6-17-10(8-16)2-4-13(17)18/h1,3,7,10H,2,4-6,8H2,(H,19,20). The lowest BCUT2D eigenvalue weighted by Gasteiger charge is -2.39. The molecule has 2 saturated heterocycles. The highest BCUT2D eigenvalue weighted by atomic mass is 79.9. The summed E-state index contributed by atoms with van der Waals surface area (Å²) in [5, 5.41) is 8.98. The number of aromatic carboxylic acids is 1. The molecule has 1 atom stereocenters. The fourth-order valence-corrected chi connectivity index (χ4v) is 3.61. The first kappa shape index (κ1) is 13.4. The average molecular weight is 339 g/mol. The third-order valence-electron chi connectivity index (χ3n) is 4.03. The highest BCUT2D eigenvalue weighted by Gasteiger charge is 2.35. The molecule has 0 bridgehead atoms. The Morgan fingerprint density at radius 1 is 1.35 bits per heavy atom. The van der Waals surface area contributed by atoms with Crippen LogP contribution in [0.25, 0.3) is 0 Å². The molecule has 2 aliphatic heterocycles. The fraction of sp³-hybridized carbons (Fsp3) is 0.429. The van der Waals surface area contributed by atoms with Gasteiger partial charge in [0.05, 0.1) is 11.3 Å². The van der Waals surface area contributed by atoms with Crippen molar-refractivity contribution in [3.63, 3.8) is 0 Å². The molecule has 1 N–H and O–H groups in total. The summed E-state index contributed by atoms with van der Waals surface area (Å²) >= 11 is 3.45. The number of hydrogen-bond acceptors (Lipinski definition) is 3. The van der Waals surface area contributed by atoms with Gasteiger partial charge in [0.25, 0.3) is 0 Å². The van der Waals surface area contributed by atoms with Crippen molar-refractivity contribution in [1.29, 1.82) is 0 Å². The van der Waals surface area contributed by atoms with Gasteiger partial charge in [0.1, 0.15) is 0 Å². The Hall–Kier alpha value is -1.56. The molecule has 1 aromatic rings. The van der Waals surface area contributed by atoms with E-state index < -0.39 is 5.97 Å². The lowest BCUT2D eigenvalue weighted by atomic mass is 10.1. The Morgan fingerprint density at radius 3 is 2.85 bits per heavy atom. The van der Waals surface area contributed by atoms with Crippen LogP contribution >= 0.6 is 15.9 Å². The molecular weight excluding hydrogens is 324 g/mol. The molecule has 20 heavy (non-hydrogen) atoms. The minimum absolute atomic E-state index is 0.259. The Kier molecular flexibility index (Phi) is 3.41. The normalized spacial score (nSPS) is 22.1. The first-order chi connectivity index (χ1) is 9.56. The Labute approximate surface area is 125 Å². The van der Waals surface area contributed by atoms with E-state index in [4.69, 9.17) is 5.11 Å². The van der Waals surface area contributed by atoms with Gasteiger partial charge >= 0.3 is 5.97 Å². The van der Waals surface area contributed by atoms with E-state index in [0.717, 1.165) is 36.2 Å². The molecule has 1 amide bonds. The summed E-state index contributed by atoms with van der Waals surface area (Å²) in [6, 6.07) is 5.38. The average Bonchev–Trinajstić information content (AvgIpc) is 2.79. The number of carbonyl (C=O) groups is 2. The van der Waals surface area contributed by atoms with E-state index in [2.05, 4.69) is 20.8 Å². The van der Waals surface area contributed by atoms with Crippen LogP contribution in [0.5, 0.6) is 0 Å². The third kappa shape index (κ3) is 2.28. The third-order valence-corrected chi connectivity index (χ3v) is 4.66. The van der Waals surface area contributed by atoms with Gasteiger partial charge in [-0.2, -0.15) is 0 Å². The number of piperazine rings is 1. The van der Waals surface area contributed by atoms with Crippen LogP contribution in [0.2, 0.25) is 0 Å². The Bertz CT molecular complexity index is 576. The number of fused-ring (bicyclic) bond motifs is 1. The molecule has 2 heterocycles. The number of carbonyl (C=O) groups excluding carboxylic acids is 1. The number of halogens is 1. The first-order valence-electron chi connectivity index (χ1n) is 6.63. The van der Waals surface area contributed by atoms with Crippen molar-refractivity contribution in [2.24, 2.45) is 0 Å². The second kappa shape index (κ2) is 5.09. The molecule has 0 radical (unpaired) electrons. The van der Waals surface area contributed by atoms with E-state index in [1.54, 1.807) is 12.1 Å². The molecule has 5 nitrogen and oxygen atoms in total. The molecule has 2 aliphatic rings. The number of nitrogens with zero attached hydrogens (tertiary/aromatic N) is 2. The lowest BCUT2D eigenvalue weighted by Crippen LogP contribution is -2.51. The van der Waals surface area contributed by atoms with Gasteiger partial charge in [-0.05, 0) is 40.5 Å². The number of hydrogen-bond donors (Lipinski definition) is 1.